The lowest BCUT2D eigenvalue weighted by Crippen LogP contribution is -2.46. The monoisotopic (exact) mass is 438 g/mol. The van der Waals surface area contributed by atoms with Crippen LogP contribution in [0.25, 0.3) is 0 Å². The molecule has 0 aromatic carbocycles. The Kier molecular flexibility index (Phi) is 9.91. The van der Waals surface area contributed by atoms with Crippen LogP contribution in [0.15, 0.2) is 12.3 Å². The Bertz CT molecular complexity index is 807. The molecule has 0 aliphatic rings. The summed E-state index contributed by atoms with van der Waals surface area (Å²) < 4.78 is 15.3. The minimum absolute atomic E-state index is 0.224. The van der Waals surface area contributed by atoms with Crippen LogP contribution in [0.3, 0.4) is 0 Å². The molecule has 31 heavy (non-hydrogen) atoms. The molecule has 1 aromatic heterocycles. The van der Waals surface area contributed by atoms with Crippen molar-refractivity contribution in [3.05, 3.63) is 23.5 Å². The summed E-state index contributed by atoms with van der Waals surface area (Å²) in [5.74, 6) is -3.48. The van der Waals surface area contributed by atoms with Crippen molar-refractivity contribution in [2.75, 3.05) is 6.61 Å². The zero-order valence-electron chi connectivity index (χ0n) is 18.6. The number of esters is 3. The van der Waals surface area contributed by atoms with Gasteiger partial charge in [-0.25, -0.2) is 9.78 Å². The van der Waals surface area contributed by atoms with E-state index in [4.69, 9.17) is 14.2 Å². The van der Waals surface area contributed by atoms with Gasteiger partial charge in [-0.2, -0.15) is 0 Å². The van der Waals surface area contributed by atoms with E-state index >= 15 is 0 Å². The predicted octanol–water partition coefficient (Wildman–Crippen LogP) is 1.67. The highest BCUT2D eigenvalue weighted by Gasteiger charge is 2.28. The molecule has 0 saturated carbocycles. The number of hydrogen-bond donors (Lipinski definition) is 2. The molecule has 0 radical (unpaired) electrons. The summed E-state index contributed by atoms with van der Waals surface area (Å²) in [6.45, 7) is 9.22. The summed E-state index contributed by atoms with van der Waals surface area (Å²) in [7, 11) is 0. The van der Waals surface area contributed by atoms with E-state index < -0.39 is 48.7 Å². The van der Waals surface area contributed by atoms with Gasteiger partial charge < -0.3 is 24.6 Å². The Morgan fingerprint density at radius 2 is 1.71 bits per heavy atom. The van der Waals surface area contributed by atoms with Gasteiger partial charge in [0.25, 0.3) is 5.91 Å². The van der Waals surface area contributed by atoms with E-state index in [-0.39, 0.29) is 23.8 Å². The zero-order chi connectivity index (χ0) is 23.7. The van der Waals surface area contributed by atoms with Gasteiger partial charge in [0.1, 0.15) is 18.5 Å². The molecule has 1 rings (SSSR count). The molecule has 0 fully saturated rings. The SMILES string of the molecule is Cc1ccnc(C(=O)NC(COC(=O)CC(C)OC(=O)C(C)C)C(=O)OC(C)C)c1O. The van der Waals surface area contributed by atoms with Crippen LogP contribution in [0.2, 0.25) is 0 Å². The fourth-order valence-electron chi connectivity index (χ4n) is 2.27. The van der Waals surface area contributed by atoms with E-state index in [0.717, 1.165) is 0 Å². The standard InChI is InChI=1S/C21H30N2O8/c1-11(2)20(27)31-14(6)9-16(24)29-10-15(21(28)30-12(3)4)23-19(26)17-18(25)13(5)7-8-22-17/h7-8,11-12,14-15,25H,9-10H2,1-6H3,(H,23,26). The quantitative estimate of drug-likeness (QED) is 0.412. The maximum atomic E-state index is 12.5. The molecule has 1 aromatic rings. The molecule has 10 nitrogen and oxygen atoms in total. The molecule has 1 heterocycles. The summed E-state index contributed by atoms with van der Waals surface area (Å²) in [5.41, 5.74) is 0.153. The number of amides is 1. The van der Waals surface area contributed by atoms with Gasteiger partial charge in [-0.1, -0.05) is 13.8 Å². The number of aryl methyl sites for hydroxylation is 1. The van der Waals surface area contributed by atoms with Crippen LogP contribution < -0.4 is 5.32 Å². The van der Waals surface area contributed by atoms with Gasteiger partial charge in [0.2, 0.25) is 0 Å². The summed E-state index contributed by atoms with van der Waals surface area (Å²) >= 11 is 0. The van der Waals surface area contributed by atoms with E-state index in [1.54, 1.807) is 41.5 Å². The number of nitrogens with one attached hydrogen (secondary N) is 1. The van der Waals surface area contributed by atoms with E-state index in [9.17, 15) is 24.3 Å². The highest BCUT2D eigenvalue weighted by Crippen LogP contribution is 2.19. The molecule has 172 valence electrons. The number of ether oxygens (including phenoxy) is 3. The van der Waals surface area contributed by atoms with Crippen LogP contribution in [0.1, 0.15) is 57.1 Å². The number of carbonyl (C=O) groups excluding carboxylic acids is 4. The van der Waals surface area contributed by atoms with E-state index in [1.165, 1.54) is 12.3 Å². The van der Waals surface area contributed by atoms with Crippen LogP contribution in [0, 0.1) is 12.8 Å². The van der Waals surface area contributed by atoms with Gasteiger partial charge in [0.15, 0.2) is 11.7 Å². The highest BCUT2D eigenvalue weighted by molar-refractivity contribution is 5.97. The average molecular weight is 438 g/mol. The Morgan fingerprint density at radius 1 is 1.06 bits per heavy atom. The lowest BCUT2D eigenvalue weighted by molar-refractivity contribution is -0.158. The number of aromatic nitrogens is 1. The highest BCUT2D eigenvalue weighted by atomic mass is 16.6. The second kappa shape index (κ2) is 11.9. The Hall–Kier alpha value is -3.17. The van der Waals surface area contributed by atoms with Gasteiger partial charge in [-0.15, -0.1) is 0 Å². The van der Waals surface area contributed by atoms with Crippen LogP contribution in [0.5, 0.6) is 5.75 Å². The first-order chi connectivity index (χ1) is 14.4. The number of nitrogens with zero attached hydrogens (tertiary/aromatic N) is 1. The third kappa shape index (κ3) is 8.61. The first kappa shape index (κ1) is 25.9. The Balaban J connectivity index is 2.79. The van der Waals surface area contributed by atoms with Crippen LogP contribution in [-0.4, -0.2) is 58.8 Å². The normalized spacial score (nSPS) is 12.8. The summed E-state index contributed by atoms with van der Waals surface area (Å²) in [5, 5.41) is 12.4. The topological polar surface area (TPSA) is 141 Å². The molecule has 0 spiro atoms. The van der Waals surface area contributed by atoms with Crippen LogP contribution in [0.4, 0.5) is 0 Å². The van der Waals surface area contributed by atoms with Crippen molar-refractivity contribution in [1.82, 2.24) is 10.3 Å². The summed E-state index contributed by atoms with van der Waals surface area (Å²) in [4.78, 5) is 52.3. The first-order valence-electron chi connectivity index (χ1n) is 9.94. The molecule has 1 amide bonds. The maximum absolute atomic E-state index is 12.5. The van der Waals surface area contributed by atoms with Crippen LogP contribution >= 0.6 is 0 Å². The van der Waals surface area contributed by atoms with Gasteiger partial charge in [0.05, 0.1) is 18.4 Å². The maximum Gasteiger partial charge on any atom is 0.332 e. The summed E-state index contributed by atoms with van der Waals surface area (Å²) in [6, 6.07) is 0.195. The molecule has 0 aliphatic carbocycles. The largest absolute Gasteiger partial charge is 0.505 e. The predicted molar refractivity (Wildman–Crippen MR) is 109 cm³/mol. The van der Waals surface area contributed by atoms with Crippen molar-refractivity contribution in [3.8, 4) is 5.75 Å². The molecule has 0 bridgehead atoms. The minimum Gasteiger partial charge on any atom is -0.505 e. The van der Waals surface area contributed by atoms with Crippen molar-refractivity contribution in [1.29, 1.82) is 0 Å². The third-order valence-corrected chi connectivity index (χ3v) is 3.94. The number of rotatable bonds is 10. The number of pyridine rings is 1. The number of aromatic hydroxyl groups is 1. The van der Waals surface area contributed by atoms with E-state index in [1.807, 2.05) is 0 Å². The van der Waals surface area contributed by atoms with Gasteiger partial charge in [-0.3, -0.25) is 14.4 Å². The molecule has 10 heteroatoms. The molecule has 2 unspecified atom stereocenters. The molecule has 2 atom stereocenters. The third-order valence-electron chi connectivity index (χ3n) is 3.94. The molecular weight excluding hydrogens is 408 g/mol. The summed E-state index contributed by atoms with van der Waals surface area (Å²) in [6.07, 6.45) is -0.0702. The van der Waals surface area contributed by atoms with E-state index in [2.05, 4.69) is 10.3 Å². The lowest BCUT2D eigenvalue weighted by atomic mass is 10.2. The second-order valence-electron chi connectivity index (χ2n) is 7.63. The van der Waals surface area contributed by atoms with Crippen molar-refractivity contribution in [2.45, 2.75) is 66.2 Å². The van der Waals surface area contributed by atoms with Gasteiger partial charge in [0, 0.05) is 6.20 Å². The Labute approximate surface area is 181 Å². The Morgan fingerprint density at radius 3 is 2.29 bits per heavy atom. The van der Waals surface area contributed by atoms with Gasteiger partial charge in [-0.05, 0) is 39.3 Å². The molecule has 0 saturated heterocycles. The lowest BCUT2D eigenvalue weighted by Gasteiger charge is -2.20. The second-order valence-corrected chi connectivity index (χ2v) is 7.63. The van der Waals surface area contributed by atoms with Gasteiger partial charge >= 0.3 is 17.9 Å². The molecule has 2 N–H and O–H groups in total. The first-order valence-corrected chi connectivity index (χ1v) is 9.94. The van der Waals surface area contributed by atoms with Crippen molar-refractivity contribution in [2.24, 2.45) is 5.92 Å². The minimum atomic E-state index is -1.32. The van der Waals surface area contributed by atoms with Crippen molar-refractivity contribution < 1.29 is 38.5 Å². The molecular formula is C21H30N2O8. The smallest absolute Gasteiger partial charge is 0.332 e. The fraction of sp³-hybridized carbons (Fsp3) is 0.571. The molecule has 0 aliphatic heterocycles. The zero-order valence-corrected chi connectivity index (χ0v) is 18.6. The number of carbonyl (C=O) groups is 4. The van der Waals surface area contributed by atoms with E-state index in [0.29, 0.717) is 5.56 Å². The fourth-order valence-corrected chi connectivity index (χ4v) is 2.27. The van der Waals surface area contributed by atoms with Crippen LogP contribution in [-0.2, 0) is 28.6 Å². The average Bonchev–Trinajstić information content (AvgIpc) is 2.66. The van der Waals surface area contributed by atoms with Crippen molar-refractivity contribution in [3.63, 3.8) is 0 Å². The number of hydrogen-bond acceptors (Lipinski definition) is 9. The van der Waals surface area contributed by atoms with Crippen molar-refractivity contribution >= 4 is 23.8 Å².